The standard InChI is InChI=1S/C12H14BrFN2O2/c13-7-1-2-10(8(5-7)12(15)17)18-11-3-4-16-6-9(11)14/h1-2,5,9,11,16H,3-4,6H2,(H2,15,17). The number of nitrogens with two attached hydrogens (primary N) is 1. The van der Waals surface area contributed by atoms with Gasteiger partial charge in [-0.05, 0) is 31.2 Å². The van der Waals surface area contributed by atoms with Gasteiger partial charge in [0.1, 0.15) is 18.0 Å². The maximum absolute atomic E-state index is 13.6. The van der Waals surface area contributed by atoms with E-state index in [9.17, 15) is 9.18 Å². The average molecular weight is 317 g/mol. The predicted molar refractivity (Wildman–Crippen MR) is 69.5 cm³/mol. The van der Waals surface area contributed by atoms with Crippen LogP contribution in [0.25, 0.3) is 0 Å². The fourth-order valence-corrected chi connectivity index (χ4v) is 2.25. The number of primary amides is 1. The van der Waals surface area contributed by atoms with Crippen LogP contribution < -0.4 is 15.8 Å². The molecule has 0 radical (unpaired) electrons. The second-order valence-electron chi connectivity index (χ2n) is 4.17. The molecule has 2 rings (SSSR count). The van der Waals surface area contributed by atoms with Crippen LogP contribution in [0.2, 0.25) is 0 Å². The summed E-state index contributed by atoms with van der Waals surface area (Å²) in [6, 6.07) is 4.93. The average Bonchev–Trinajstić information content (AvgIpc) is 2.34. The number of carbonyl (C=O) groups is 1. The Morgan fingerprint density at radius 1 is 1.56 bits per heavy atom. The topological polar surface area (TPSA) is 64.4 Å². The van der Waals surface area contributed by atoms with Crippen LogP contribution in [0, 0.1) is 0 Å². The van der Waals surface area contributed by atoms with Crippen molar-refractivity contribution in [2.75, 3.05) is 13.1 Å². The Labute approximate surface area is 113 Å². The molecule has 98 valence electrons. The maximum Gasteiger partial charge on any atom is 0.252 e. The van der Waals surface area contributed by atoms with Gasteiger partial charge in [0.15, 0.2) is 0 Å². The molecule has 1 aliphatic heterocycles. The third-order valence-electron chi connectivity index (χ3n) is 2.83. The summed E-state index contributed by atoms with van der Waals surface area (Å²) in [5, 5.41) is 2.94. The molecule has 1 aromatic rings. The van der Waals surface area contributed by atoms with E-state index in [0.717, 1.165) is 4.47 Å². The summed E-state index contributed by atoms with van der Waals surface area (Å²) < 4.78 is 19.9. The van der Waals surface area contributed by atoms with E-state index in [2.05, 4.69) is 21.2 Å². The molecule has 1 amide bonds. The first-order valence-electron chi connectivity index (χ1n) is 5.68. The van der Waals surface area contributed by atoms with Crippen LogP contribution in [-0.4, -0.2) is 31.3 Å². The van der Waals surface area contributed by atoms with Gasteiger partial charge < -0.3 is 15.8 Å². The quantitative estimate of drug-likeness (QED) is 0.890. The number of rotatable bonds is 3. The molecule has 3 N–H and O–H groups in total. The molecule has 0 aliphatic carbocycles. The van der Waals surface area contributed by atoms with E-state index < -0.39 is 18.2 Å². The van der Waals surface area contributed by atoms with Gasteiger partial charge in [-0.1, -0.05) is 15.9 Å². The summed E-state index contributed by atoms with van der Waals surface area (Å²) >= 11 is 3.25. The molecule has 1 saturated heterocycles. The summed E-state index contributed by atoms with van der Waals surface area (Å²) in [6.07, 6.45) is -1.05. The van der Waals surface area contributed by atoms with Crippen LogP contribution >= 0.6 is 15.9 Å². The van der Waals surface area contributed by atoms with Crippen molar-refractivity contribution in [1.82, 2.24) is 5.32 Å². The van der Waals surface area contributed by atoms with Crippen LogP contribution in [0.5, 0.6) is 5.75 Å². The predicted octanol–water partition coefficient (Wildman–Crippen LogP) is 1.63. The summed E-state index contributed by atoms with van der Waals surface area (Å²) in [5.74, 6) is -0.254. The smallest absolute Gasteiger partial charge is 0.252 e. The molecule has 1 aliphatic rings. The summed E-state index contributed by atoms with van der Waals surface area (Å²) in [5.41, 5.74) is 5.54. The van der Waals surface area contributed by atoms with Crippen LogP contribution in [-0.2, 0) is 0 Å². The molecule has 2 unspecified atom stereocenters. The number of benzene rings is 1. The van der Waals surface area contributed by atoms with Crippen molar-refractivity contribution in [2.45, 2.75) is 18.7 Å². The first kappa shape index (κ1) is 13.3. The molecular weight excluding hydrogens is 303 g/mol. The molecule has 4 nitrogen and oxygen atoms in total. The van der Waals surface area contributed by atoms with Gasteiger partial charge in [-0.15, -0.1) is 0 Å². The van der Waals surface area contributed by atoms with Crippen molar-refractivity contribution in [3.8, 4) is 5.75 Å². The maximum atomic E-state index is 13.6. The zero-order valence-corrected chi connectivity index (χ0v) is 11.2. The van der Waals surface area contributed by atoms with E-state index >= 15 is 0 Å². The van der Waals surface area contributed by atoms with Crippen molar-refractivity contribution < 1.29 is 13.9 Å². The minimum atomic E-state index is -1.08. The Bertz CT molecular complexity index is 456. The van der Waals surface area contributed by atoms with E-state index in [0.29, 0.717) is 18.7 Å². The first-order valence-corrected chi connectivity index (χ1v) is 6.48. The molecule has 1 heterocycles. The normalized spacial score (nSPS) is 23.7. The largest absolute Gasteiger partial charge is 0.486 e. The van der Waals surface area contributed by atoms with Gasteiger partial charge in [-0.25, -0.2) is 4.39 Å². The number of piperidine rings is 1. The molecule has 0 bridgehead atoms. The van der Waals surface area contributed by atoms with E-state index in [4.69, 9.17) is 10.5 Å². The van der Waals surface area contributed by atoms with Crippen LogP contribution in [0.3, 0.4) is 0 Å². The molecule has 0 aromatic heterocycles. The van der Waals surface area contributed by atoms with E-state index in [1.54, 1.807) is 18.2 Å². The van der Waals surface area contributed by atoms with Gasteiger partial charge in [-0.3, -0.25) is 4.79 Å². The number of carbonyl (C=O) groups excluding carboxylic acids is 1. The third kappa shape index (κ3) is 3.00. The van der Waals surface area contributed by atoms with Gasteiger partial charge in [0.25, 0.3) is 5.91 Å². The number of halogens is 2. The van der Waals surface area contributed by atoms with Crippen molar-refractivity contribution in [2.24, 2.45) is 5.73 Å². The Morgan fingerprint density at radius 2 is 2.33 bits per heavy atom. The zero-order chi connectivity index (χ0) is 13.1. The summed E-state index contributed by atoms with van der Waals surface area (Å²) in [4.78, 5) is 11.3. The van der Waals surface area contributed by atoms with Crippen molar-refractivity contribution in [3.05, 3.63) is 28.2 Å². The van der Waals surface area contributed by atoms with Crippen molar-refractivity contribution in [1.29, 1.82) is 0 Å². The number of nitrogens with one attached hydrogen (secondary N) is 1. The monoisotopic (exact) mass is 316 g/mol. The lowest BCUT2D eigenvalue weighted by Crippen LogP contribution is -2.44. The van der Waals surface area contributed by atoms with Gasteiger partial charge >= 0.3 is 0 Å². The minimum absolute atomic E-state index is 0.259. The third-order valence-corrected chi connectivity index (χ3v) is 3.33. The lowest BCUT2D eigenvalue weighted by molar-refractivity contribution is 0.0713. The summed E-state index contributed by atoms with van der Waals surface area (Å²) in [6.45, 7) is 0.973. The lowest BCUT2D eigenvalue weighted by atomic mass is 10.1. The molecule has 18 heavy (non-hydrogen) atoms. The van der Waals surface area contributed by atoms with E-state index in [1.807, 2.05) is 0 Å². The highest BCUT2D eigenvalue weighted by atomic mass is 79.9. The van der Waals surface area contributed by atoms with E-state index in [1.165, 1.54) is 0 Å². The Morgan fingerprint density at radius 3 is 3.00 bits per heavy atom. The fraction of sp³-hybridized carbons (Fsp3) is 0.417. The van der Waals surface area contributed by atoms with Gasteiger partial charge in [-0.2, -0.15) is 0 Å². The molecule has 1 aromatic carbocycles. The van der Waals surface area contributed by atoms with Crippen molar-refractivity contribution >= 4 is 21.8 Å². The Hall–Kier alpha value is -1.14. The van der Waals surface area contributed by atoms with Gasteiger partial charge in [0, 0.05) is 11.0 Å². The molecule has 2 atom stereocenters. The highest BCUT2D eigenvalue weighted by molar-refractivity contribution is 9.10. The fourth-order valence-electron chi connectivity index (χ4n) is 1.89. The van der Waals surface area contributed by atoms with Gasteiger partial charge in [0.05, 0.1) is 5.56 Å². The number of hydrogen-bond donors (Lipinski definition) is 2. The Balaban J connectivity index is 2.20. The Kier molecular flexibility index (Phi) is 4.19. The minimum Gasteiger partial charge on any atom is -0.486 e. The van der Waals surface area contributed by atoms with E-state index in [-0.39, 0.29) is 12.1 Å². The number of ether oxygens (including phenoxy) is 1. The van der Waals surface area contributed by atoms with Crippen molar-refractivity contribution in [3.63, 3.8) is 0 Å². The number of amides is 1. The first-order chi connectivity index (χ1) is 8.58. The highest BCUT2D eigenvalue weighted by Crippen LogP contribution is 2.26. The number of hydrogen-bond acceptors (Lipinski definition) is 3. The lowest BCUT2D eigenvalue weighted by Gasteiger charge is -2.28. The van der Waals surface area contributed by atoms with Crippen LogP contribution in [0.15, 0.2) is 22.7 Å². The molecule has 0 saturated carbocycles. The van der Waals surface area contributed by atoms with Gasteiger partial charge in [0.2, 0.25) is 0 Å². The molecular formula is C12H14BrFN2O2. The molecule has 6 heteroatoms. The summed E-state index contributed by atoms with van der Waals surface area (Å²) in [7, 11) is 0. The SMILES string of the molecule is NC(=O)c1cc(Br)ccc1OC1CCNCC1F. The number of alkyl halides is 1. The second-order valence-corrected chi connectivity index (χ2v) is 5.09. The molecule has 1 fully saturated rings. The zero-order valence-electron chi connectivity index (χ0n) is 9.66. The molecule has 0 spiro atoms. The van der Waals surface area contributed by atoms with Crippen LogP contribution in [0.4, 0.5) is 4.39 Å². The second kappa shape index (κ2) is 5.67. The van der Waals surface area contributed by atoms with Crippen LogP contribution in [0.1, 0.15) is 16.8 Å². The highest BCUT2D eigenvalue weighted by Gasteiger charge is 2.27.